The van der Waals surface area contributed by atoms with Gasteiger partial charge in [-0.3, -0.25) is 9.59 Å². The Morgan fingerprint density at radius 3 is 2.71 bits per heavy atom. The zero-order valence-electron chi connectivity index (χ0n) is 12.5. The molecule has 1 saturated heterocycles. The van der Waals surface area contributed by atoms with Crippen molar-refractivity contribution in [2.45, 2.75) is 45.3 Å². The maximum atomic E-state index is 12.4. The summed E-state index contributed by atoms with van der Waals surface area (Å²) in [6.45, 7) is 5.81. The molecule has 0 unspecified atom stereocenters. The summed E-state index contributed by atoms with van der Waals surface area (Å²) in [6, 6.07) is 0.683. The van der Waals surface area contributed by atoms with Crippen LogP contribution >= 0.6 is 0 Å². The van der Waals surface area contributed by atoms with E-state index in [1.54, 1.807) is 20.8 Å². The first kappa shape index (κ1) is 15.3. The molecule has 1 aromatic heterocycles. The maximum Gasteiger partial charge on any atom is 0.329 e. The van der Waals surface area contributed by atoms with Gasteiger partial charge in [-0.15, -0.1) is 0 Å². The molecule has 1 N–H and O–H groups in total. The summed E-state index contributed by atoms with van der Waals surface area (Å²) in [4.78, 5) is 40.5. The van der Waals surface area contributed by atoms with Gasteiger partial charge in [0, 0.05) is 25.0 Å². The quantitative estimate of drug-likeness (QED) is 0.834. The molecule has 2 rings (SSSR count). The SMILES string of the molecule is CC(C)(C)OC(=O)[C@@H]1CCCN1C(=O)c1c[nH]ccc1=O. The molecular weight excluding hydrogens is 272 g/mol. The van der Waals surface area contributed by atoms with E-state index in [9.17, 15) is 14.4 Å². The van der Waals surface area contributed by atoms with Crippen molar-refractivity contribution in [2.24, 2.45) is 0 Å². The smallest absolute Gasteiger partial charge is 0.329 e. The van der Waals surface area contributed by atoms with Crippen molar-refractivity contribution in [3.05, 3.63) is 34.2 Å². The van der Waals surface area contributed by atoms with Crippen LogP contribution in [-0.4, -0.2) is 39.9 Å². The summed E-state index contributed by atoms with van der Waals surface area (Å²) >= 11 is 0. The van der Waals surface area contributed by atoms with E-state index in [-0.39, 0.29) is 11.0 Å². The fourth-order valence-electron chi connectivity index (χ4n) is 2.36. The molecule has 1 aromatic rings. The van der Waals surface area contributed by atoms with Gasteiger partial charge in [0.2, 0.25) is 0 Å². The molecule has 0 saturated carbocycles. The summed E-state index contributed by atoms with van der Waals surface area (Å²) in [7, 11) is 0. The third-order valence-electron chi connectivity index (χ3n) is 3.25. The van der Waals surface area contributed by atoms with E-state index in [4.69, 9.17) is 4.74 Å². The van der Waals surface area contributed by atoms with Gasteiger partial charge in [0.15, 0.2) is 5.43 Å². The number of hydrogen-bond acceptors (Lipinski definition) is 4. The number of rotatable bonds is 2. The fourth-order valence-corrected chi connectivity index (χ4v) is 2.36. The molecule has 6 heteroatoms. The van der Waals surface area contributed by atoms with Crippen LogP contribution in [0.15, 0.2) is 23.3 Å². The van der Waals surface area contributed by atoms with Crippen molar-refractivity contribution in [3.63, 3.8) is 0 Å². The number of carbonyl (C=O) groups is 2. The number of hydrogen-bond donors (Lipinski definition) is 1. The molecule has 1 aliphatic rings. The van der Waals surface area contributed by atoms with Gasteiger partial charge in [-0.1, -0.05) is 0 Å². The number of esters is 1. The Morgan fingerprint density at radius 2 is 2.10 bits per heavy atom. The van der Waals surface area contributed by atoms with Crippen LogP contribution < -0.4 is 5.43 Å². The highest BCUT2D eigenvalue weighted by Crippen LogP contribution is 2.22. The standard InChI is InChI=1S/C15H20N2O4/c1-15(2,3)21-14(20)11-5-4-8-17(11)13(19)10-9-16-7-6-12(10)18/h6-7,9,11H,4-5,8H2,1-3H3,(H,16,18)/t11-/m0/s1. The Balaban J connectivity index is 2.19. The van der Waals surface area contributed by atoms with Crippen molar-refractivity contribution in [3.8, 4) is 0 Å². The van der Waals surface area contributed by atoms with E-state index in [1.165, 1.54) is 23.4 Å². The molecule has 0 spiro atoms. The first-order valence-electron chi connectivity index (χ1n) is 7.00. The van der Waals surface area contributed by atoms with Gasteiger partial charge in [0.05, 0.1) is 0 Å². The molecule has 0 radical (unpaired) electrons. The molecule has 0 aromatic carbocycles. The normalized spacial score (nSPS) is 18.6. The summed E-state index contributed by atoms with van der Waals surface area (Å²) in [5, 5.41) is 0. The first-order valence-corrected chi connectivity index (χ1v) is 7.00. The van der Waals surface area contributed by atoms with Crippen molar-refractivity contribution >= 4 is 11.9 Å². The number of carbonyl (C=O) groups excluding carboxylic acids is 2. The lowest BCUT2D eigenvalue weighted by atomic mass is 10.1. The summed E-state index contributed by atoms with van der Waals surface area (Å²) in [5.41, 5.74) is -0.903. The Hall–Kier alpha value is -2.11. The van der Waals surface area contributed by atoms with E-state index in [0.29, 0.717) is 13.0 Å². The summed E-state index contributed by atoms with van der Waals surface area (Å²) in [6.07, 6.45) is 4.12. The van der Waals surface area contributed by atoms with Gasteiger partial charge in [-0.25, -0.2) is 4.79 Å². The minimum Gasteiger partial charge on any atom is -0.458 e. The second kappa shape index (κ2) is 5.71. The van der Waals surface area contributed by atoms with Gasteiger partial charge in [-0.2, -0.15) is 0 Å². The molecule has 2 heterocycles. The van der Waals surface area contributed by atoms with Gasteiger partial charge < -0.3 is 14.6 Å². The van der Waals surface area contributed by atoms with E-state index in [1.807, 2.05) is 0 Å². The topological polar surface area (TPSA) is 79.5 Å². The van der Waals surface area contributed by atoms with Crippen LogP contribution in [0.3, 0.4) is 0 Å². The van der Waals surface area contributed by atoms with Gasteiger partial charge >= 0.3 is 5.97 Å². The molecule has 1 amide bonds. The van der Waals surface area contributed by atoms with Crippen molar-refractivity contribution in [2.75, 3.05) is 6.54 Å². The van der Waals surface area contributed by atoms with Gasteiger partial charge in [-0.05, 0) is 33.6 Å². The van der Waals surface area contributed by atoms with Gasteiger partial charge in [0.25, 0.3) is 5.91 Å². The number of aromatic nitrogens is 1. The highest BCUT2D eigenvalue weighted by molar-refractivity contribution is 5.96. The molecular formula is C15H20N2O4. The average Bonchev–Trinajstić information content (AvgIpc) is 2.85. The number of H-pyrrole nitrogens is 1. The molecule has 114 valence electrons. The second-order valence-corrected chi connectivity index (χ2v) is 6.11. The molecule has 21 heavy (non-hydrogen) atoms. The number of amides is 1. The average molecular weight is 292 g/mol. The largest absolute Gasteiger partial charge is 0.458 e. The third kappa shape index (κ3) is 3.51. The highest BCUT2D eigenvalue weighted by Gasteiger charge is 2.37. The Bertz CT molecular complexity index is 600. The number of ether oxygens (including phenoxy) is 1. The lowest BCUT2D eigenvalue weighted by molar-refractivity contribution is -0.159. The molecule has 1 aliphatic heterocycles. The van der Waals surface area contributed by atoms with E-state index < -0.39 is 23.5 Å². The minimum atomic E-state index is -0.615. The van der Waals surface area contributed by atoms with Crippen LogP contribution in [0.4, 0.5) is 0 Å². The Labute approximate surface area is 123 Å². The van der Waals surface area contributed by atoms with Crippen LogP contribution in [0.5, 0.6) is 0 Å². The zero-order chi connectivity index (χ0) is 15.6. The lowest BCUT2D eigenvalue weighted by Gasteiger charge is -2.27. The summed E-state index contributed by atoms with van der Waals surface area (Å²) in [5.74, 6) is -0.842. The molecule has 1 atom stereocenters. The van der Waals surface area contributed by atoms with Crippen molar-refractivity contribution in [1.29, 1.82) is 0 Å². The number of nitrogens with one attached hydrogen (secondary N) is 1. The van der Waals surface area contributed by atoms with Crippen LogP contribution in [0.1, 0.15) is 44.0 Å². The number of pyridine rings is 1. The van der Waals surface area contributed by atoms with Crippen LogP contribution in [0.2, 0.25) is 0 Å². The third-order valence-corrected chi connectivity index (χ3v) is 3.25. The predicted molar refractivity (Wildman–Crippen MR) is 77.0 cm³/mol. The summed E-state index contributed by atoms with van der Waals surface area (Å²) < 4.78 is 5.35. The van der Waals surface area contributed by atoms with Crippen LogP contribution in [-0.2, 0) is 9.53 Å². The van der Waals surface area contributed by atoms with Crippen molar-refractivity contribution < 1.29 is 14.3 Å². The number of nitrogens with zero attached hydrogens (tertiary/aromatic N) is 1. The van der Waals surface area contributed by atoms with Crippen LogP contribution in [0.25, 0.3) is 0 Å². The van der Waals surface area contributed by atoms with Crippen LogP contribution in [0, 0.1) is 0 Å². The van der Waals surface area contributed by atoms with E-state index in [2.05, 4.69) is 4.98 Å². The fraction of sp³-hybridized carbons (Fsp3) is 0.533. The number of likely N-dealkylation sites (tertiary alicyclic amines) is 1. The number of aromatic amines is 1. The maximum absolute atomic E-state index is 12.4. The first-order chi connectivity index (χ1) is 9.79. The Kier molecular flexibility index (Phi) is 4.16. The highest BCUT2D eigenvalue weighted by atomic mass is 16.6. The van der Waals surface area contributed by atoms with E-state index >= 15 is 0 Å². The Morgan fingerprint density at radius 1 is 1.38 bits per heavy atom. The molecule has 6 nitrogen and oxygen atoms in total. The van der Waals surface area contributed by atoms with E-state index in [0.717, 1.165) is 6.42 Å². The lowest BCUT2D eigenvalue weighted by Crippen LogP contribution is -2.44. The monoisotopic (exact) mass is 292 g/mol. The zero-order valence-corrected chi connectivity index (χ0v) is 12.5. The second-order valence-electron chi connectivity index (χ2n) is 6.11. The van der Waals surface area contributed by atoms with Gasteiger partial charge in [0.1, 0.15) is 17.2 Å². The van der Waals surface area contributed by atoms with Crippen molar-refractivity contribution in [1.82, 2.24) is 9.88 Å². The minimum absolute atomic E-state index is 0.0490. The molecule has 1 fully saturated rings. The molecule has 0 bridgehead atoms. The molecule has 0 aliphatic carbocycles. The predicted octanol–water partition coefficient (Wildman–Crippen LogP) is 1.32.